The summed E-state index contributed by atoms with van der Waals surface area (Å²) in [6, 6.07) is 6.11. The van der Waals surface area contributed by atoms with E-state index in [2.05, 4.69) is 18.0 Å². The van der Waals surface area contributed by atoms with Crippen molar-refractivity contribution >= 4 is 0 Å². The van der Waals surface area contributed by atoms with Crippen molar-refractivity contribution in [2.45, 2.75) is 13.8 Å². The topological polar surface area (TPSA) is 27.1 Å². The molecule has 0 aliphatic carbocycles. The smallest absolute Gasteiger partial charge is 0.119 e. The van der Waals surface area contributed by atoms with Gasteiger partial charge < -0.3 is 9.30 Å². The van der Waals surface area contributed by atoms with Crippen LogP contribution in [0, 0.1) is 13.8 Å². The minimum Gasteiger partial charge on any atom is -0.497 e. The van der Waals surface area contributed by atoms with Crippen molar-refractivity contribution in [2.75, 3.05) is 7.11 Å². The summed E-state index contributed by atoms with van der Waals surface area (Å²) in [4.78, 5) is 4.31. The maximum atomic E-state index is 5.21. The molecule has 0 spiro atoms. The van der Waals surface area contributed by atoms with E-state index in [4.69, 9.17) is 4.74 Å². The van der Waals surface area contributed by atoms with E-state index < -0.39 is 0 Å². The Balaban J connectivity index is 2.57. The summed E-state index contributed by atoms with van der Waals surface area (Å²) < 4.78 is 7.25. The summed E-state index contributed by atoms with van der Waals surface area (Å²) >= 11 is 0. The molecule has 0 aliphatic heterocycles. The molecule has 2 rings (SSSR count). The zero-order valence-corrected chi connectivity index (χ0v) is 10.1. The van der Waals surface area contributed by atoms with E-state index in [0.717, 1.165) is 11.4 Å². The monoisotopic (exact) mass is 216 g/mol. The van der Waals surface area contributed by atoms with Gasteiger partial charge in [0.05, 0.1) is 24.8 Å². The van der Waals surface area contributed by atoms with Crippen molar-refractivity contribution in [3.8, 4) is 17.0 Å². The third-order valence-corrected chi connectivity index (χ3v) is 2.81. The number of aryl methyl sites for hydroxylation is 3. The average molecular weight is 216 g/mol. The second kappa shape index (κ2) is 4.00. The van der Waals surface area contributed by atoms with E-state index in [1.165, 1.54) is 16.8 Å². The number of methoxy groups -OCH3 is 1. The molecule has 0 N–H and O–H groups in total. The van der Waals surface area contributed by atoms with Crippen LogP contribution >= 0.6 is 0 Å². The third kappa shape index (κ3) is 1.69. The van der Waals surface area contributed by atoms with Crippen LogP contribution < -0.4 is 4.74 Å². The first kappa shape index (κ1) is 10.7. The van der Waals surface area contributed by atoms with E-state index >= 15 is 0 Å². The maximum Gasteiger partial charge on any atom is 0.119 e. The summed E-state index contributed by atoms with van der Waals surface area (Å²) in [7, 11) is 3.70. The van der Waals surface area contributed by atoms with Crippen molar-refractivity contribution in [1.82, 2.24) is 9.55 Å². The molecule has 1 heterocycles. The van der Waals surface area contributed by atoms with Crippen LogP contribution in [0.15, 0.2) is 24.5 Å². The van der Waals surface area contributed by atoms with Crippen molar-refractivity contribution in [3.63, 3.8) is 0 Å². The number of aromatic nitrogens is 2. The van der Waals surface area contributed by atoms with E-state index in [0.29, 0.717) is 0 Å². The lowest BCUT2D eigenvalue weighted by Gasteiger charge is -2.09. The Morgan fingerprint density at radius 1 is 1.25 bits per heavy atom. The highest BCUT2D eigenvalue weighted by Gasteiger charge is 2.10. The molecule has 2 aromatic rings. The van der Waals surface area contributed by atoms with Crippen molar-refractivity contribution in [2.24, 2.45) is 7.05 Å². The number of hydrogen-bond acceptors (Lipinski definition) is 2. The minimum atomic E-state index is 0.890. The summed E-state index contributed by atoms with van der Waals surface area (Å²) in [6.07, 6.45) is 1.84. The Bertz CT molecular complexity index is 495. The Hall–Kier alpha value is -1.77. The highest BCUT2D eigenvalue weighted by Crippen LogP contribution is 2.28. The fourth-order valence-electron chi connectivity index (χ4n) is 1.96. The molecule has 3 heteroatoms. The van der Waals surface area contributed by atoms with Crippen LogP contribution in [0.25, 0.3) is 11.3 Å². The van der Waals surface area contributed by atoms with Gasteiger partial charge in [-0.1, -0.05) is 0 Å². The van der Waals surface area contributed by atoms with Gasteiger partial charge in [-0.3, -0.25) is 0 Å². The fraction of sp³-hybridized carbons (Fsp3) is 0.308. The van der Waals surface area contributed by atoms with Gasteiger partial charge in [-0.05, 0) is 37.6 Å². The van der Waals surface area contributed by atoms with Gasteiger partial charge in [0.1, 0.15) is 5.75 Å². The molecule has 0 unspecified atom stereocenters. The Labute approximate surface area is 95.7 Å². The highest BCUT2D eigenvalue weighted by molar-refractivity contribution is 5.67. The van der Waals surface area contributed by atoms with Gasteiger partial charge in [0.25, 0.3) is 0 Å². The van der Waals surface area contributed by atoms with Crippen LogP contribution in [-0.2, 0) is 7.05 Å². The molecule has 3 nitrogen and oxygen atoms in total. The fourth-order valence-corrected chi connectivity index (χ4v) is 1.96. The van der Waals surface area contributed by atoms with Crippen molar-refractivity contribution in [3.05, 3.63) is 35.8 Å². The maximum absolute atomic E-state index is 5.21. The lowest BCUT2D eigenvalue weighted by atomic mass is 10.0. The number of imidazole rings is 1. The van der Waals surface area contributed by atoms with Crippen LogP contribution in [0.3, 0.4) is 0 Å². The number of rotatable bonds is 2. The standard InChI is InChI=1S/C13H16N2O/c1-9-7-11(16-4)5-6-12(9)13-10(2)14-8-15(13)3/h5-8H,1-4H3. The molecule has 0 amide bonds. The van der Waals surface area contributed by atoms with Gasteiger partial charge in [0.15, 0.2) is 0 Å². The molecule has 0 bridgehead atoms. The van der Waals surface area contributed by atoms with Gasteiger partial charge >= 0.3 is 0 Å². The first-order chi connectivity index (χ1) is 7.63. The molecule has 1 aromatic carbocycles. The van der Waals surface area contributed by atoms with Gasteiger partial charge in [0, 0.05) is 12.6 Å². The zero-order chi connectivity index (χ0) is 11.7. The quantitative estimate of drug-likeness (QED) is 0.771. The first-order valence-corrected chi connectivity index (χ1v) is 5.26. The van der Waals surface area contributed by atoms with Crippen molar-refractivity contribution < 1.29 is 4.74 Å². The normalized spacial score (nSPS) is 10.5. The predicted octanol–water partition coefficient (Wildman–Crippen LogP) is 2.71. The average Bonchev–Trinajstić information content (AvgIpc) is 2.59. The molecule has 0 aliphatic rings. The predicted molar refractivity (Wildman–Crippen MR) is 64.7 cm³/mol. The molecular formula is C13H16N2O. The van der Waals surface area contributed by atoms with E-state index in [1.807, 2.05) is 37.0 Å². The second-order valence-electron chi connectivity index (χ2n) is 3.97. The van der Waals surface area contributed by atoms with Gasteiger partial charge in [0.2, 0.25) is 0 Å². The number of nitrogens with zero attached hydrogens (tertiary/aromatic N) is 2. The summed E-state index contributed by atoms with van der Waals surface area (Å²) in [6.45, 7) is 4.11. The lowest BCUT2D eigenvalue weighted by molar-refractivity contribution is 0.414. The summed E-state index contributed by atoms with van der Waals surface area (Å²) in [5, 5.41) is 0. The molecule has 16 heavy (non-hydrogen) atoms. The largest absolute Gasteiger partial charge is 0.497 e. The highest BCUT2D eigenvalue weighted by atomic mass is 16.5. The molecule has 0 atom stereocenters. The Kier molecular flexibility index (Phi) is 2.69. The summed E-state index contributed by atoms with van der Waals surface area (Å²) in [5.74, 6) is 0.890. The molecule has 0 radical (unpaired) electrons. The van der Waals surface area contributed by atoms with Crippen LogP contribution in [-0.4, -0.2) is 16.7 Å². The minimum absolute atomic E-state index is 0.890. The van der Waals surface area contributed by atoms with E-state index in [-0.39, 0.29) is 0 Å². The third-order valence-electron chi connectivity index (χ3n) is 2.81. The summed E-state index contributed by atoms with van der Waals surface area (Å²) in [5.41, 5.74) is 4.63. The SMILES string of the molecule is COc1ccc(-c2c(C)ncn2C)c(C)c1. The van der Waals surface area contributed by atoms with E-state index in [1.54, 1.807) is 7.11 Å². The van der Waals surface area contributed by atoms with Crippen LogP contribution in [0.1, 0.15) is 11.3 Å². The van der Waals surface area contributed by atoms with E-state index in [9.17, 15) is 0 Å². The molecule has 1 aromatic heterocycles. The van der Waals surface area contributed by atoms with Crippen LogP contribution in [0.4, 0.5) is 0 Å². The van der Waals surface area contributed by atoms with Gasteiger partial charge in [-0.25, -0.2) is 4.98 Å². The van der Waals surface area contributed by atoms with Crippen molar-refractivity contribution in [1.29, 1.82) is 0 Å². The second-order valence-corrected chi connectivity index (χ2v) is 3.97. The zero-order valence-electron chi connectivity index (χ0n) is 10.1. The molecule has 0 fully saturated rings. The van der Waals surface area contributed by atoms with Crippen LogP contribution in [0.2, 0.25) is 0 Å². The number of hydrogen-bond donors (Lipinski definition) is 0. The molecule has 0 saturated carbocycles. The number of benzene rings is 1. The van der Waals surface area contributed by atoms with Gasteiger partial charge in [-0.2, -0.15) is 0 Å². The Morgan fingerprint density at radius 3 is 2.50 bits per heavy atom. The molecule has 0 saturated heterocycles. The number of ether oxygens (including phenoxy) is 1. The molecular weight excluding hydrogens is 200 g/mol. The first-order valence-electron chi connectivity index (χ1n) is 5.26. The Morgan fingerprint density at radius 2 is 2.00 bits per heavy atom. The molecule has 84 valence electrons. The lowest BCUT2D eigenvalue weighted by Crippen LogP contribution is -1.94. The van der Waals surface area contributed by atoms with Crippen LogP contribution in [0.5, 0.6) is 5.75 Å². The van der Waals surface area contributed by atoms with Gasteiger partial charge in [-0.15, -0.1) is 0 Å².